The molecule has 1 heterocycles. The molecule has 1 aliphatic rings. The standard InChI is InChI=1S/C21H20BrFN2O4/c1-25-11-15(14(8-20(25)26)12-4-6-13(23)7-5-12)21(27)24-17-10-19(29-3)18(28-2)9-16(17)22/h4-7,9-11,14H,8H2,1-3H3,(H,24,27)/t14-/m0/s1. The minimum Gasteiger partial charge on any atom is -0.493 e. The Hall–Kier alpha value is -2.87. The van der Waals surface area contributed by atoms with Gasteiger partial charge in [-0.2, -0.15) is 0 Å². The maximum absolute atomic E-state index is 13.3. The molecule has 1 atom stereocenters. The molecular formula is C21H20BrFN2O4. The summed E-state index contributed by atoms with van der Waals surface area (Å²) in [6.45, 7) is 0. The van der Waals surface area contributed by atoms with Gasteiger partial charge in [-0.15, -0.1) is 0 Å². The summed E-state index contributed by atoms with van der Waals surface area (Å²) in [6.07, 6.45) is 1.64. The molecule has 0 bridgehead atoms. The summed E-state index contributed by atoms with van der Waals surface area (Å²) >= 11 is 3.42. The third-order valence-electron chi connectivity index (χ3n) is 4.74. The maximum atomic E-state index is 13.3. The first kappa shape index (κ1) is 20.9. The van der Waals surface area contributed by atoms with Gasteiger partial charge in [0.2, 0.25) is 5.91 Å². The monoisotopic (exact) mass is 462 g/mol. The summed E-state index contributed by atoms with van der Waals surface area (Å²) < 4.78 is 24.5. The number of amides is 2. The SMILES string of the molecule is COc1cc(Br)c(NC(=O)C2=CN(C)C(=O)C[C@H]2c2ccc(F)cc2)cc1OC. The number of nitrogens with zero attached hydrogens (tertiary/aromatic N) is 1. The smallest absolute Gasteiger partial charge is 0.253 e. The zero-order valence-corrected chi connectivity index (χ0v) is 17.7. The van der Waals surface area contributed by atoms with Crippen LogP contribution in [0.15, 0.2) is 52.6 Å². The molecule has 0 saturated heterocycles. The summed E-state index contributed by atoms with van der Waals surface area (Å²) in [6, 6.07) is 9.15. The van der Waals surface area contributed by atoms with Crippen LogP contribution >= 0.6 is 15.9 Å². The summed E-state index contributed by atoms with van der Waals surface area (Å²) in [7, 11) is 4.63. The Balaban J connectivity index is 1.94. The average Bonchev–Trinajstić information content (AvgIpc) is 2.71. The van der Waals surface area contributed by atoms with Crippen LogP contribution in [0.4, 0.5) is 10.1 Å². The lowest BCUT2D eigenvalue weighted by atomic mass is 9.85. The molecule has 2 aromatic carbocycles. The number of carbonyl (C=O) groups excluding carboxylic acids is 2. The average molecular weight is 463 g/mol. The summed E-state index contributed by atoms with van der Waals surface area (Å²) in [5.74, 6) is -0.361. The highest BCUT2D eigenvalue weighted by Crippen LogP contribution is 2.38. The quantitative estimate of drug-likeness (QED) is 0.726. The van der Waals surface area contributed by atoms with Gasteiger partial charge in [-0.05, 0) is 33.6 Å². The van der Waals surface area contributed by atoms with Crippen LogP contribution in [0.25, 0.3) is 0 Å². The van der Waals surface area contributed by atoms with Crippen molar-refractivity contribution in [3.63, 3.8) is 0 Å². The van der Waals surface area contributed by atoms with Crippen LogP contribution in [0.5, 0.6) is 11.5 Å². The van der Waals surface area contributed by atoms with Crippen molar-refractivity contribution < 1.29 is 23.5 Å². The van der Waals surface area contributed by atoms with Crippen LogP contribution in [-0.2, 0) is 9.59 Å². The predicted molar refractivity (Wildman–Crippen MR) is 110 cm³/mol. The van der Waals surface area contributed by atoms with Gasteiger partial charge in [0.15, 0.2) is 11.5 Å². The Morgan fingerprint density at radius 3 is 2.41 bits per heavy atom. The molecule has 152 valence electrons. The van der Waals surface area contributed by atoms with Crippen LogP contribution in [0, 0.1) is 5.82 Å². The predicted octanol–water partition coefficient (Wildman–Crippen LogP) is 4.07. The Morgan fingerprint density at radius 2 is 1.79 bits per heavy atom. The second-order valence-electron chi connectivity index (χ2n) is 6.54. The minimum atomic E-state index is -0.474. The first-order chi connectivity index (χ1) is 13.8. The van der Waals surface area contributed by atoms with Crippen molar-refractivity contribution >= 4 is 33.4 Å². The van der Waals surface area contributed by atoms with E-state index < -0.39 is 5.92 Å². The number of methoxy groups -OCH3 is 2. The second kappa shape index (κ2) is 8.65. The van der Waals surface area contributed by atoms with Crippen molar-refractivity contribution in [2.75, 3.05) is 26.6 Å². The van der Waals surface area contributed by atoms with Gasteiger partial charge in [-0.1, -0.05) is 12.1 Å². The van der Waals surface area contributed by atoms with Gasteiger partial charge in [-0.25, -0.2) is 4.39 Å². The van der Waals surface area contributed by atoms with E-state index in [0.29, 0.717) is 32.8 Å². The van der Waals surface area contributed by atoms with Gasteiger partial charge in [0.05, 0.1) is 19.9 Å². The number of ether oxygens (including phenoxy) is 2. The van der Waals surface area contributed by atoms with Crippen LogP contribution in [0.2, 0.25) is 0 Å². The van der Waals surface area contributed by atoms with Crippen LogP contribution < -0.4 is 14.8 Å². The van der Waals surface area contributed by atoms with Crippen molar-refractivity contribution in [2.24, 2.45) is 0 Å². The van der Waals surface area contributed by atoms with Gasteiger partial charge in [0.25, 0.3) is 5.91 Å². The van der Waals surface area contributed by atoms with Gasteiger partial charge >= 0.3 is 0 Å². The van der Waals surface area contributed by atoms with Crippen molar-refractivity contribution in [3.8, 4) is 11.5 Å². The van der Waals surface area contributed by atoms with Crippen LogP contribution in [0.3, 0.4) is 0 Å². The minimum absolute atomic E-state index is 0.120. The molecule has 29 heavy (non-hydrogen) atoms. The molecule has 2 amide bonds. The zero-order chi connectivity index (χ0) is 21.1. The fourth-order valence-electron chi connectivity index (χ4n) is 3.15. The number of rotatable bonds is 5. The highest BCUT2D eigenvalue weighted by molar-refractivity contribution is 9.10. The van der Waals surface area contributed by atoms with Crippen molar-refractivity contribution in [3.05, 3.63) is 64.0 Å². The topological polar surface area (TPSA) is 67.9 Å². The van der Waals surface area contributed by atoms with E-state index in [1.165, 1.54) is 37.5 Å². The molecule has 1 aliphatic heterocycles. The molecule has 0 unspecified atom stereocenters. The molecule has 0 spiro atoms. The number of nitrogens with one attached hydrogen (secondary N) is 1. The molecule has 0 saturated carbocycles. The molecule has 0 aromatic heterocycles. The fourth-order valence-corrected chi connectivity index (χ4v) is 3.57. The Labute approximate surface area is 176 Å². The van der Waals surface area contributed by atoms with E-state index >= 15 is 0 Å². The van der Waals surface area contributed by atoms with Gasteiger partial charge in [0.1, 0.15) is 5.82 Å². The van der Waals surface area contributed by atoms with Crippen LogP contribution in [-0.4, -0.2) is 38.0 Å². The molecule has 3 rings (SSSR count). The molecule has 1 N–H and O–H groups in total. The number of halogens is 2. The van der Waals surface area contributed by atoms with E-state index in [2.05, 4.69) is 21.2 Å². The van der Waals surface area contributed by atoms with Crippen molar-refractivity contribution in [1.29, 1.82) is 0 Å². The highest BCUT2D eigenvalue weighted by Gasteiger charge is 2.31. The molecule has 6 nitrogen and oxygen atoms in total. The van der Waals surface area contributed by atoms with E-state index in [1.807, 2.05) is 0 Å². The Kier molecular flexibility index (Phi) is 6.22. The molecule has 0 radical (unpaired) electrons. The fraction of sp³-hybridized carbons (Fsp3) is 0.238. The van der Waals surface area contributed by atoms with E-state index in [-0.39, 0.29) is 24.1 Å². The molecule has 8 heteroatoms. The van der Waals surface area contributed by atoms with Gasteiger partial charge < -0.3 is 19.7 Å². The summed E-state index contributed by atoms with van der Waals surface area (Å²) in [5, 5.41) is 2.85. The molecule has 0 fully saturated rings. The summed E-state index contributed by atoms with van der Waals surface area (Å²) in [4.78, 5) is 26.7. The first-order valence-electron chi connectivity index (χ1n) is 8.79. The Bertz CT molecular complexity index is 975. The number of anilines is 1. The second-order valence-corrected chi connectivity index (χ2v) is 7.39. The lowest BCUT2D eigenvalue weighted by Crippen LogP contribution is -2.33. The third kappa shape index (κ3) is 4.42. The highest BCUT2D eigenvalue weighted by atomic mass is 79.9. The zero-order valence-electron chi connectivity index (χ0n) is 16.2. The number of hydrogen-bond donors (Lipinski definition) is 1. The summed E-state index contributed by atoms with van der Waals surface area (Å²) in [5.41, 5.74) is 1.59. The van der Waals surface area contributed by atoms with Crippen LogP contribution in [0.1, 0.15) is 17.9 Å². The largest absolute Gasteiger partial charge is 0.493 e. The molecular weight excluding hydrogens is 443 g/mol. The lowest BCUT2D eigenvalue weighted by Gasteiger charge is -2.28. The van der Waals surface area contributed by atoms with E-state index in [4.69, 9.17) is 9.47 Å². The lowest BCUT2D eigenvalue weighted by molar-refractivity contribution is -0.128. The van der Waals surface area contributed by atoms with Crippen molar-refractivity contribution in [1.82, 2.24) is 4.90 Å². The normalized spacial score (nSPS) is 16.3. The van der Waals surface area contributed by atoms with Gasteiger partial charge in [-0.3, -0.25) is 9.59 Å². The van der Waals surface area contributed by atoms with E-state index in [9.17, 15) is 14.0 Å². The molecule has 2 aromatic rings. The Morgan fingerprint density at radius 1 is 1.17 bits per heavy atom. The number of benzene rings is 2. The molecule has 0 aliphatic carbocycles. The number of carbonyl (C=O) groups is 2. The van der Waals surface area contributed by atoms with Crippen molar-refractivity contribution in [2.45, 2.75) is 12.3 Å². The third-order valence-corrected chi connectivity index (χ3v) is 5.39. The number of hydrogen-bond acceptors (Lipinski definition) is 4. The maximum Gasteiger partial charge on any atom is 0.253 e. The van der Waals surface area contributed by atoms with Gasteiger partial charge in [0, 0.05) is 47.8 Å². The van der Waals surface area contributed by atoms with E-state index in [0.717, 1.165) is 0 Å². The van der Waals surface area contributed by atoms with E-state index in [1.54, 1.807) is 31.3 Å². The first-order valence-corrected chi connectivity index (χ1v) is 9.59.